The highest BCUT2D eigenvalue weighted by atomic mass is 32.2. The second-order valence-electron chi connectivity index (χ2n) is 9.76. The number of esters is 1. The molecule has 0 aliphatic rings. The molecule has 3 aromatic carbocycles. The summed E-state index contributed by atoms with van der Waals surface area (Å²) < 4.78 is 33.9. The van der Waals surface area contributed by atoms with Crippen LogP contribution in [-0.2, 0) is 25.6 Å². The van der Waals surface area contributed by atoms with Crippen molar-refractivity contribution in [2.45, 2.75) is 33.7 Å². The average Bonchev–Trinajstić information content (AvgIpc) is 3.28. The molecule has 41 heavy (non-hydrogen) atoms. The van der Waals surface area contributed by atoms with Gasteiger partial charge in [-0.25, -0.2) is 9.00 Å². The summed E-state index contributed by atoms with van der Waals surface area (Å²) in [6.45, 7) is 6.73. The van der Waals surface area contributed by atoms with Crippen LogP contribution in [-0.4, -0.2) is 39.7 Å². The Balaban J connectivity index is 1.52. The summed E-state index contributed by atoms with van der Waals surface area (Å²) in [5.41, 5.74) is 4.30. The first kappa shape index (κ1) is 29.5. The molecule has 2 atom stereocenters. The third-order valence-electron chi connectivity index (χ3n) is 6.56. The average molecular weight is 578 g/mol. The third kappa shape index (κ3) is 6.31. The molecule has 0 saturated carbocycles. The first-order valence-electron chi connectivity index (χ1n) is 12.8. The monoisotopic (exact) mass is 577 g/mol. The molecule has 4 rings (SSSR count). The minimum atomic E-state index is -2.45. The van der Waals surface area contributed by atoms with Crippen molar-refractivity contribution >= 4 is 57.1 Å². The van der Waals surface area contributed by atoms with E-state index in [0.717, 1.165) is 15.4 Å². The van der Waals surface area contributed by atoms with Gasteiger partial charge in [-0.1, -0.05) is 44.2 Å². The Labute approximate surface area is 240 Å². The number of ether oxygens (including phenoxy) is 1. The number of carbonyl (C=O) groups excluding carboxylic acids is 3. The Morgan fingerprint density at radius 3 is 2.10 bits per heavy atom. The van der Waals surface area contributed by atoms with Crippen molar-refractivity contribution in [2.75, 3.05) is 22.0 Å². The Hall–Kier alpha value is -4.48. The largest absolute Gasteiger partial charge is 0.467 e. The van der Waals surface area contributed by atoms with Gasteiger partial charge in [0.15, 0.2) is 5.76 Å². The van der Waals surface area contributed by atoms with Crippen LogP contribution in [0.2, 0.25) is 0 Å². The quantitative estimate of drug-likeness (QED) is 0.170. The highest BCUT2D eigenvalue weighted by Crippen LogP contribution is 2.33. The second kappa shape index (κ2) is 12.4. The molecule has 0 radical (unpaired) electrons. The lowest BCUT2D eigenvalue weighted by molar-refractivity contribution is -0.143. The van der Waals surface area contributed by atoms with Crippen molar-refractivity contribution < 1.29 is 32.3 Å². The molecule has 0 aliphatic heterocycles. The number of methoxy groups -OCH3 is 1. The number of nitrogens with one attached hydrogen (secondary N) is 2. The smallest absolute Gasteiger partial charge is 0.329 e. The third-order valence-corrected chi connectivity index (χ3v) is 7.34. The van der Waals surface area contributed by atoms with E-state index in [0.29, 0.717) is 33.6 Å². The van der Waals surface area contributed by atoms with Crippen LogP contribution >= 0.6 is 0 Å². The van der Waals surface area contributed by atoms with Crippen molar-refractivity contribution in [3.8, 4) is 11.1 Å². The standard InChI is InChI=1S/C30H31N3O7S/c1-17(2)27(30(36)39-5)33(41(37)38)23-15-11-21(12-16-23)20-9-13-22(14-10-20)32-29(35)28-18(3)26-24(31-19(4)34)7-6-8-25(26)40-28/h6-17,27H,1-5H3,(H,31,34)(H,32,35)(H,37,38). The lowest BCUT2D eigenvalue weighted by atomic mass is 10.0. The zero-order chi connectivity index (χ0) is 29.8. The number of hydrogen-bond acceptors (Lipinski definition) is 6. The molecule has 4 aromatic rings. The van der Waals surface area contributed by atoms with Gasteiger partial charge in [0.2, 0.25) is 5.91 Å². The van der Waals surface area contributed by atoms with Crippen LogP contribution in [0.3, 0.4) is 0 Å². The summed E-state index contributed by atoms with van der Waals surface area (Å²) >= 11 is -2.45. The van der Waals surface area contributed by atoms with Gasteiger partial charge in [0.1, 0.15) is 11.6 Å². The van der Waals surface area contributed by atoms with Gasteiger partial charge in [0.25, 0.3) is 17.2 Å². The molecule has 0 fully saturated rings. The fourth-order valence-corrected chi connectivity index (χ4v) is 5.48. The van der Waals surface area contributed by atoms with Crippen LogP contribution in [0.5, 0.6) is 0 Å². The van der Waals surface area contributed by atoms with Crippen molar-refractivity contribution in [2.24, 2.45) is 5.92 Å². The highest BCUT2D eigenvalue weighted by molar-refractivity contribution is 7.80. The topological polar surface area (TPSA) is 138 Å². The maximum atomic E-state index is 13.0. The molecule has 0 aliphatic carbocycles. The van der Waals surface area contributed by atoms with Crippen molar-refractivity contribution in [3.05, 3.63) is 78.1 Å². The molecule has 10 nitrogen and oxygen atoms in total. The van der Waals surface area contributed by atoms with Gasteiger partial charge >= 0.3 is 5.97 Å². The van der Waals surface area contributed by atoms with Crippen LogP contribution < -0.4 is 14.9 Å². The number of benzene rings is 3. The van der Waals surface area contributed by atoms with Gasteiger partial charge in [0.05, 0.1) is 18.5 Å². The molecule has 1 heterocycles. The number of carbonyl (C=O) groups is 3. The fourth-order valence-electron chi connectivity index (χ4n) is 4.66. The van der Waals surface area contributed by atoms with Gasteiger partial charge < -0.3 is 19.8 Å². The number of nitrogens with zero attached hydrogens (tertiary/aromatic N) is 1. The van der Waals surface area contributed by atoms with E-state index in [2.05, 4.69) is 10.6 Å². The van der Waals surface area contributed by atoms with E-state index in [1.807, 2.05) is 12.1 Å². The van der Waals surface area contributed by atoms with Crippen LogP contribution in [0.25, 0.3) is 22.1 Å². The molecule has 3 N–H and O–H groups in total. The van der Waals surface area contributed by atoms with E-state index in [-0.39, 0.29) is 17.6 Å². The highest BCUT2D eigenvalue weighted by Gasteiger charge is 2.33. The summed E-state index contributed by atoms with van der Waals surface area (Å²) in [6.07, 6.45) is 0. The minimum absolute atomic E-state index is 0.148. The molecule has 2 amide bonds. The van der Waals surface area contributed by atoms with Gasteiger partial charge in [-0.3, -0.25) is 18.4 Å². The number of hydrogen-bond donors (Lipinski definition) is 3. The zero-order valence-corrected chi connectivity index (χ0v) is 24.1. The van der Waals surface area contributed by atoms with Crippen molar-refractivity contribution in [1.82, 2.24) is 0 Å². The van der Waals surface area contributed by atoms with E-state index in [1.165, 1.54) is 14.0 Å². The number of fused-ring (bicyclic) bond motifs is 1. The molecule has 11 heteroatoms. The Morgan fingerprint density at radius 1 is 0.951 bits per heavy atom. The van der Waals surface area contributed by atoms with Crippen molar-refractivity contribution in [1.29, 1.82) is 0 Å². The lowest BCUT2D eigenvalue weighted by Gasteiger charge is -2.30. The SMILES string of the molecule is COC(=O)C(C(C)C)N(c1ccc(-c2ccc(NC(=O)c3oc4cccc(NC(C)=O)c4c3C)cc2)cc1)S(=O)O. The Kier molecular flexibility index (Phi) is 8.89. The molecular weight excluding hydrogens is 546 g/mol. The normalized spacial score (nSPS) is 12.6. The van der Waals surface area contributed by atoms with Gasteiger partial charge in [-0.2, -0.15) is 0 Å². The first-order valence-corrected chi connectivity index (χ1v) is 13.9. The molecule has 0 spiro atoms. The van der Waals surface area contributed by atoms with E-state index in [9.17, 15) is 23.1 Å². The summed E-state index contributed by atoms with van der Waals surface area (Å²) in [5.74, 6) is -1.37. The molecular formula is C30H31N3O7S. The number of furan rings is 1. The molecule has 1 aromatic heterocycles. The Morgan fingerprint density at radius 2 is 1.56 bits per heavy atom. The van der Waals surface area contributed by atoms with E-state index >= 15 is 0 Å². The van der Waals surface area contributed by atoms with Crippen LogP contribution in [0.15, 0.2) is 71.1 Å². The molecule has 214 valence electrons. The minimum Gasteiger partial charge on any atom is -0.467 e. The number of aryl methyl sites for hydroxylation is 1. The Bertz CT molecular complexity index is 1610. The summed E-state index contributed by atoms with van der Waals surface area (Å²) in [6, 6.07) is 18.3. The predicted octanol–water partition coefficient (Wildman–Crippen LogP) is 5.76. The van der Waals surface area contributed by atoms with E-state index in [1.54, 1.807) is 75.4 Å². The second-order valence-corrected chi connectivity index (χ2v) is 10.6. The maximum absolute atomic E-state index is 13.0. The number of amides is 2. The summed E-state index contributed by atoms with van der Waals surface area (Å²) in [5, 5.41) is 6.27. The number of rotatable bonds is 9. The summed E-state index contributed by atoms with van der Waals surface area (Å²) in [4.78, 5) is 36.9. The van der Waals surface area contributed by atoms with Gasteiger partial charge in [0, 0.05) is 23.6 Å². The van der Waals surface area contributed by atoms with Gasteiger partial charge in [-0.15, -0.1) is 0 Å². The van der Waals surface area contributed by atoms with Gasteiger partial charge in [-0.05, 0) is 60.4 Å². The van der Waals surface area contributed by atoms with E-state index < -0.39 is 29.2 Å². The first-order chi connectivity index (χ1) is 19.5. The molecule has 0 bridgehead atoms. The van der Waals surface area contributed by atoms with Crippen LogP contribution in [0, 0.1) is 12.8 Å². The summed E-state index contributed by atoms with van der Waals surface area (Å²) in [7, 11) is 1.24. The molecule has 0 saturated heterocycles. The van der Waals surface area contributed by atoms with Crippen LogP contribution in [0.4, 0.5) is 17.1 Å². The lowest BCUT2D eigenvalue weighted by Crippen LogP contribution is -2.46. The maximum Gasteiger partial charge on any atom is 0.329 e. The zero-order valence-electron chi connectivity index (χ0n) is 23.3. The van der Waals surface area contributed by atoms with E-state index in [4.69, 9.17) is 9.15 Å². The van der Waals surface area contributed by atoms with Crippen LogP contribution in [0.1, 0.15) is 36.9 Å². The number of anilines is 3. The molecule has 2 unspecified atom stereocenters. The predicted molar refractivity (Wildman–Crippen MR) is 159 cm³/mol. The van der Waals surface area contributed by atoms with Crippen molar-refractivity contribution in [3.63, 3.8) is 0 Å². The fraction of sp³-hybridized carbons (Fsp3) is 0.233.